The maximum atomic E-state index is 13.3. The third-order valence-electron chi connectivity index (χ3n) is 2.48. The molecule has 0 amide bonds. The molecule has 0 aliphatic heterocycles. The zero-order valence-electron chi connectivity index (χ0n) is 9.57. The molecule has 7 heteroatoms. The van der Waals surface area contributed by atoms with Gasteiger partial charge < -0.3 is 5.73 Å². The van der Waals surface area contributed by atoms with Crippen LogP contribution in [-0.4, -0.2) is 0 Å². The number of hydrogen-bond donors (Lipinski definition) is 1. The molecule has 0 saturated carbocycles. The zero-order valence-corrected chi connectivity index (χ0v) is 10.4. The van der Waals surface area contributed by atoms with Gasteiger partial charge in [-0.2, -0.15) is 0 Å². The zero-order chi connectivity index (χ0) is 13.2. The van der Waals surface area contributed by atoms with Crippen molar-refractivity contribution >= 4 is 12.4 Å². The fraction of sp³-hybridized carbons (Fsp3) is 0.455. The standard InChI is InChI=1S/C11H12F5N.ClH/c1-2-3-4-5(17)6-7(12)9(14)11(16)10(15)8(6)13;/h5H,2-4,17H2,1H3;1H/t5-;/m0./s1. The Labute approximate surface area is 108 Å². The Kier molecular flexibility index (Phi) is 6.56. The topological polar surface area (TPSA) is 26.0 Å². The summed E-state index contributed by atoms with van der Waals surface area (Å²) in [5.74, 6) is -9.75. The van der Waals surface area contributed by atoms with E-state index in [0.717, 1.165) is 0 Å². The Balaban J connectivity index is 0.00000289. The maximum Gasteiger partial charge on any atom is 0.200 e. The molecule has 0 heterocycles. The summed E-state index contributed by atoms with van der Waals surface area (Å²) in [6.07, 6.45) is 1.42. The van der Waals surface area contributed by atoms with Crippen molar-refractivity contribution in [1.82, 2.24) is 0 Å². The molecule has 0 aromatic heterocycles. The van der Waals surface area contributed by atoms with Crippen molar-refractivity contribution in [1.29, 1.82) is 0 Å². The minimum Gasteiger partial charge on any atom is -0.324 e. The van der Waals surface area contributed by atoms with E-state index in [0.29, 0.717) is 12.8 Å². The van der Waals surface area contributed by atoms with Gasteiger partial charge in [-0.05, 0) is 6.42 Å². The van der Waals surface area contributed by atoms with Crippen molar-refractivity contribution in [3.8, 4) is 0 Å². The lowest BCUT2D eigenvalue weighted by Crippen LogP contribution is -2.17. The summed E-state index contributed by atoms with van der Waals surface area (Å²) in [5, 5.41) is 0. The largest absolute Gasteiger partial charge is 0.324 e. The van der Waals surface area contributed by atoms with Crippen LogP contribution in [0.1, 0.15) is 37.8 Å². The van der Waals surface area contributed by atoms with Crippen LogP contribution in [0.4, 0.5) is 22.0 Å². The van der Waals surface area contributed by atoms with Gasteiger partial charge in [-0.15, -0.1) is 12.4 Å². The smallest absolute Gasteiger partial charge is 0.200 e. The maximum absolute atomic E-state index is 13.3. The van der Waals surface area contributed by atoms with Gasteiger partial charge in [-0.25, -0.2) is 22.0 Å². The third-order valence-corrected chi connectivity index (χ3v) is 2.48. The van der Waals surface area contributed by atoms with Gasteiger partial charge in [-0.3, -0.25) is 0 Å². The summed E-state index contributed by atoms with van der Waals surface area (Å²) in [5.41, 5.74) is 4.50. The van der Waals surface area contributed by atoms with Gasteiger partial charge >= 0.3 is 0 Å². The second kappa shape index (κ2) is 6.89. The van der Waals surface area contributed by atoms with Gasteiger partial charge in [-0.1, -0.05) is 19.8 Å². The summed E-state index contributed by atoms with van der Waals surface area (Å²) < 4.78 is 65.0. The molecular weight excluding hydrogens is 277 g/mol. The summed E-state index contributed by atoms with van der Waals surface area (Å²) in [6, 6.07) is -1.19. The minimum atomic E-state index is -2.16. The second-order valence-electron chi connectivity index (χ2n) is 3.73. The van der Waals surface area contributed by atoms with Crippen molar-refractivity contribution in [2.45, 2.75) is 32.2 Å². The summed E-state index contributed by atoms with van der Waals surface area (Å²) in [4.78, 5) is 0. The Morgan fingerprint density at radius 3 is 1.67 bits per heavy atom. The van der Waals surface area contributed by atoms with E-state index in [1.807, 2.05) is 6.92 Å². The van der Waals surface area contributed by atoms with E-state index < -0.39 is 40.7 Å². The molecular formula is C11H13ClF5N. The van der Waals surface area contributed by atoms with E-state index in [1.165, 1.54) is 0 Å². The first-order chi connectivity index (χ1) is 7.91. The fourth-order valence-electron chi connectivity index (χ4n) is 1.52. The van der Waals surface area contributed by atoms with Crippen LogP contribution >= 0.6 is 12.4 Å². The van der Waals surface area contributed by atoms with Crippen molar-refractivity contribution < 1.29 is 22.0 Å². The average molecular weight is 290 g/mol. The molecule has 0 saturated heterocycles. The lowest BCUT2D eigenvalue weighted by molar-refractivity contribution is 0.361. The van der Waals surface area contributed by atoms with Crippen LogP contribution in [0.3, 0.4) is 0 Å². The molecule has 0 bridgehead atoms. The van der Waals surface area contributed by atoms with Gasteiger partial charge in [0.2, 0.25) is 5.82 Å². The molecule has 1 nitrogen and oxygen atoms in total. The molecule has 0 aliphatic carbocycles. The number of benzene rings is 1. The van der Waals surface area contributed by atoms with E-state index in [2.05, 4.69) is 0 Å². The quantitative estimate of drug-likeness (QED) is 0.506. The van der Waals surface area contributed by atoms with Crippen LogP contribution in [0.2, 0.25) is 0 Å². The van der Waals surface area contributed by atoms with Crippen LogP contribution in [0, 0.1) is 29.1 Å². The molecule has 0 spiro atoms. The van der Waals surface area contributed by atoms with E-state index >= 15 is 0 Å². The number of halogens is 6. The van der Waals surface area contributed by atoms with Crippen LogP contribution in [0.5, 0.6) is 0 Å². The second-order valence-corrected chi connectivity index (χ2v) is 3.73. The van der Waals surface area contributed by atoms with Crippen molar-refractivity contribution in [2.75, 3.05) is 0 Å². The summed E-state index contributed by atoms with van der Waals surface area (Å²) in [6.45, 7) is 1.82. The number of unbranched alkanes of at least 4 members (excludes halogenated alkanes) is 1. The van der Waals surface area contributed by atoms with E-state index in [-0.39, 0.29) is 18.8 Å². The fourth-order valence-corrected chi connectivity index (χ4v) is 1.52. The number of hydrogen-bond acceptors (Lipinski definition) is 1. The first-order valence-corrected chi connectivity index (χ1v) is 5.18. The van der Waals surface area contributed by atoms with E-state index in [1.54, 1.807) is 0 Å². The number of rotatable bonds is 4. The monoisotopic (exact) mass is 289 g/mol. The molecule has 0 fully saturated rings. The SMILES string of the molecule is CCCC[C@H](N)c1c(F)c(F)c(F)c(F)c1F.Cl. The molecule has 1 rings (SSSR count). The van der Waals surface area contributed by atoms with Crippen LogP contribution in [0.15, 0.2) is 0 Å². The molecule has 1 aromatic rings. The molecule has 0 radical (unpaired) electrons. The van der Waals surface area contributed by atoms with E-state index in [9.17, 15) is 22.0 Å². The first kappa shape index (κ1) is 17.1. The van der Waals surface area contributed by atoms with Crippen molar-refractivity contribution in [2.24, 2.45) is 5.73 Å². The highest BCUT2D eigenvalue weighted by Gasteiger charge is 2.28. The molecule has 18 heavy (non-hydrogen) atoms. The molecule has 0 unspecified atom stereocenters. The van der Waals surface area contributed by atoms with Gasteiger partial charge in [0.15, 0.2) is 23.3 Å². The first-order valence-electron chi connectivity index (χ1n) is 5.18. The van der Waals surface area contributed by atoms with Gasteiger partial charge in [0.1, 0.15) is 0 Å². The Bertz CT molecular complexity index is 395. The van der Waals surface area contributed by atoms with Gasteiger partial charge in [0.25, 0.3) is 0 Å². The molecule has 0 aliphatic rings. The third kappa shape index (κ3) is 3.11. The normalized spacial score (nSPS) is 12.2. The summed E-state index contributed by atoms with van der Waals surface area (Å²) >= 11 is 0. The van der Waals surface area contributed by atoms with Gasteiger partial charge in [0, 0.05) is 11.6 Å². The van der Waals surface area contributed by atoms with E-state index in [4.69, 9.17) is 5.73 Å². The number of nitrogens with two attached hydrogens (primary N) is 1. The van der Waals surface area contributed by atoms with Gasteiger partial charge in [0.05, 0.1) is 0 Å². The van der Waals surface area contributed by atoms with Crippen LogP contribution < -0.4 is 5.73 Å². The lowest BCUT2D eigenvalue weighted by Gasteiger charge is -2.14. The average Bonchev–Trinajstić information content (AvgIpc) is 2.31. The predicted molar refractivity (Wildman–Crippen MR) is 59.9 cm³/mol. The Hall–Kier alpha value is -0.880. The highest BCUT2D eigenvalue weighted by Crippen LogP contribution is 2.28. The molecule has 104 valence electrons. The van der Waals surface area contributed by atoms with Crippen molar-refractivity contribution in [3.05, 3.63) is 34.6 Å². The Morgan fingerprint density at radius 2 is 1.28 bits per heavy atom. The molecule has 1 atom stereocenters. The summed E-state index contributed by atoms with van der Waals surface area (Å²) in [7, 11) is 0. The van der Waals surface area contributed by atoms with Crippen molar-refractivity contribution in [3.63, 3.8) is 0 Å². The Morgan fingerprint density at radius 1 is 0.889 bits per heavy atom. The highest BCUT2D eigenvalue weighted by atomic mass is 35.5. The molecule has 1 aromatic carbocycles. The van der Waals surface area contributed by atoms with Crippen LogP contribution in [-0.2, 0) is 0 Å². The minimum absolute atomic E-state index is 0. The predicted octanol–water partition coefficient (Wildman–Crippen LogP) is 3.99. The molecule has 2 N–H and O–H groups in total. The lowest BCUT2D eigenvalue weighted by atomic mass is 10.00. The van der Waals surface area contributed by atoms with Crippen LogP contribution in [0.25, 0.3) is 0 Å². The highest BCUT2D eigenvalue weighted by molar-refractivity contribution is 5.85.